The summed E-state index contributed by atoms with van der Waals surface area (Å²) in [6.07, 6.45) is 2.64. The molecule has 0 aliphatic carbocycles. The molecule has 0 saturated carbocycles. The average molecular weight is 384 g/mol. The monoisotopic (exact) mass is 384 g/mol. The molecule has 3 saturated heterocycles. The molecule has 1 spiro atoms. The predicted octanol–water partition coefficient (Wildman–Crippen LogP) is 3.67. The van der Waals surface area contributed by atoms with Crippen molar-refractivity contribution in [3.05, 3.63) is 53.2 Å². The summed E-state index contributed by atoms with van der Waals surface area (Å²) in [5.41, 5.74) is 0.205. The fraction of sp³-hybridized carbons (Fsp3) is 0.500. The van der Waals surface area contributed by atoms with E-state index in [0.29, 0.717) is 24.4 Å². The average Bonchev–Trinajstić information content (AvgIpc) is 3.40. The van der Waals surface area contributed by atoms with Crippen molar-refractivity contribution in [1.82, 2.24) is 9.80 Å². The van der Waals surface area contributed by atoms with Crippen molar-refractivity contribution >= 4 is 5.91 Å². The Labute approximate surface area is 164 Å². The van der Waals surface area contributed by atoms with Gasteiger partial charge in [-0.3, -0.25) is 9.69 Å². The molecule has 1 aromatic heterocycles. The van der Waals surface area contributed by atoms with E-state index in [1.165, 1.54) is 13.2 Å². The van der Waals surface area contributed by atoms with Gasteiger partial charge in [0.15, 0.2) is 0 Å². The molecule has 1 amide bonds. The second-order valence-electron chi connectivity index (χ2n) is 8.26. The third-order valence-electron chi connectivity index (χ3n) is 6.84. The number of aryl methyl sites for hydroxylation is 1. The highest BCUT2D eigenvalue weighted by Gasteiger charge is 2.65. The lowest BCUT2D eigenvalue weighted by Crippen LogP contribution is -2.49. The summed E-state index contributed by atoms with van der Waals surface area (Å²) in [7, 11) is 1.54. The normalized spacial score (nSPS) is 29.4. The van der Waals surface area contributed by atoms with Crippen molar-refractivity contribution in [2.24, 2.45) is 5.92 Å². The van der Waals surface area contributed by atoms with Gasteiger partial charge >= 0.3 is 0 Å². The number of carbonyl (C=O) groups excluding carboxylic acids is 1. The quantitative estimate of drug-likeness (QED) is 0.807. The van der Waals surface area contributed by atoms with Gasteiger partial charge in [-0.2, -0.15) is 0 Å². The summed E-state index contributed by atoms with van der Waals surface area (Å²) >= 11 is 0. The van der Waals surface area contributed by atoms with E-state index in [1.807, 2.05) is 36.1 Å². The van der Waals surface area contributed by atoms with Crippen LogP contribution in [0, 0.1) is 18.7 Å². The van der Waals surface area contributed by atoms with Crippen LogP contribution in [-0.4, -0.2) is 41.4 Å². The molecule has 4 heterocycles. The minimum Gasteiger partial charge on any atom is -0.497 e. The number of rotatable bonds is 4. The van der Waals surface area contributed by atoms with Crippen molar-refractivity contribution in [1.29, 1.82) is 0 Å². The van der Waals surface area contributed by atoms with E-state index in [0.717, 1.165) is 37.3 Å². The molecule has 148 valence electrons. The van der Waals surface area contributed by atoms with Gasteiger partial charge in [0.25, 0.3) is 0 Å². The first-order valence-corrected chi connectivity index (χ1v) is 9.98. The highest BCUT2D eigenvalue weighted by atomic mass is 19.1. The van der Waals surface area contributed by atoms with Gasteiger partial charge in [0.2, 0.25) is 5.91 Å². The lowest BCUT2D eigenvalue weighted by atomic mass is 9.85. The molecule has 0 unspecified atom stereocenters. The Morgan fingerprint density at radius 3 is 2.89 bits per heavy atom. The Balaban J connectivity index is 1.43. The number of benzene rings is 1. The maximum absolute atomic E-state index is 14.8. The molecule has 3 atom stereocenters. The Kier molecular flexibility index (Phi) is 4.02. The number of amides is 1. The third-order valence-corrected chi connectivity index (χ3v) is 6.84. The number of furan rings is 1. The summed E-state index contributed by atoms with van der Waals surface area (Å²) < 4.78 is 25.6. The molecule has 0 N–H and O–H groups in total. The number of nitrogens with zero attached hydrogens (tertiary/aromatic N) is 2. The third kappa shape index (κ3) is 2.43. The highest BCUT2D eigenvalue weighted by Crippen LogP contribution is 2.56. The van der Waals surface area contributed by atoms with Crippen molar-refractivity contribution in [2.75, 3.05) is 20.2 Å². The minimum atomic E-state index is -0.474. The molecular weight excluding hydrogens is 359 g/mol. The van der Waals surface area contributed by atoms with E-state index >= 15 is 0 Å². The Morgan fingerprint density at radius 1 is 1.32 bits per heavy atom. The molecular formula is C22H25FN2O3. The van der Waals surface area contributed by atoms with Crippen LogP contribution in [0.2, 0.25) is 0 Å². The van der Waals surface area contributed by atoms with E-state index < -0.39 is 5.54 Å². The molecule has 5 rings (SSSR count). The number of likely N-dealkylation sites (tertiary alicyclic amines) is 1. The lowest BCUT2D eigenvalue weighted by Gasteiger charge is -2.33. The molecule has 5 nitrogen and oxygen atoms in total. The standard InChI is InChI=1S/C22H25FN2O3/c1-14-4-5-17(28-14)13-24-12-15-10-20(18-7-6-16(27-2)11-19(18)23)25-9-3-8-22(15,25)21(24)26/h4-7,11,15,20H,3,8-10,12-13H2,1-2H3/t15-,20-,22-/m0/s1. The molecule has 28 heavy (non-hydrogen) atoms. The van der Waals surface area contributed by atoms with E-state index in [1.54, 1.807) is 0 Å². The second kappa shape index (κ2) is 6.34. The second-order valence-corrected chi connectivity index (χ2v) is 8.26. The van der Waals surface area contributed by atoms with Crippen LogP contribution in [0.15, 0.2) is 34.7 Å². The van der Waals surface area contributed by atoms with Crippen LogP contribution in [0.25, 0.3) is 0 Å². The molecule has 6 heteroatoms. The van der Waals surface area contributed by atoms with E-state index in [2.05, 4.69) is 4.90 Å². The number of hydrogen-bond donors (Lipinski definition) is 0. The topological polar surface area (TPSA) is 45.9 Å². The molecule has 3 aliphatic rings. The first kappa shape index (κ1) is 17.7. The van der Waals surface area contributed by atoms with Crippen LogP contribution in [0.4, 0.5) is 4.39 Å². The molecule has 3 fully saturated rings. The maximum Gasteiger partial charge on any atom is 0.243 e. The van der Waals surface area contributed by atoms with Gasteiger partial charge in [0, 0.05) is 30.1 Å². The molecule has 3 aliphatic heterocycles. The lowest BCUT2D eigenvalue weighted by molar-refractivity contribution is -0.137. The Hall–Kier alpha value is -2.34. The maximum atomic E-state index is 14.8. The van der Waals surface area contributed by atoms with Gasteiger partial charge in [-0.15, -0.1) is 0 Å². The number of halogens is 1. The van der Waals surface area contributed by atoms with Crippen LogP contribution in [0.1, 0.15) is 42.4 Å². The summed E-state index contributed by atoms with van der Waals surface area (Å²) in [6, 6.07) is 8.90. The van der Waals surface area contributed by atoms with Crippen molar-refractivity contribution in [3.63, 3.8) is 0 Å². The molecule has 1 aromatic carbocycles. The molecule has 2 aromatic rings. The zero-order valence-corrected chi connectivity index (χ0v) is 16.3. The first-order chi connectivity index (χ1) is 13.5. The van der Waals surface area contributed by atoms with Gasteiger partial charge in [0.05, 0.1) is 13.7 Å². The van der Waals surface area contributed by atoms with E-state index in [9.17, 15) is 9.18 Å². The van der Waals surface area contributed by atoms with Crippen LogP contribution in [0.3, 0.4) is 0 Å². The van der Waals surface area contributed by atoms with Crippen LogP contribution in [-0.2, 0) is 11.3 Å². The SMILES string of the molecule is COc1ccc([C@@H]2C[C@H]3CN(Cc4ccc(C)o4)C(=O)[C@]34CCCN24)c(F)c1. The fourth-order valence-electron chi connectivity index (χ4n) is 5.67. The Bertz CT molecular complexity index is 926. The number of hydrogen-bond acceptors (Lipinski definition) is 4. The van der Waals surface area contributed by atoms with Crippen molar-refractivity contribution < 1.29 is 18.3 Å². The largest absolute Gasteiger partial charge is 0.497 e. The zero-order chi connectivity index (χ0) is 19.5. The van der Waals surface area contributed by atoms with Crippen LogP contribution in [0.5, 0.6) is 5.75 Å². The van der Waals surface area contributed by atoms with Gasteiger partial charge in [0.1, 0.15) is 28.6 Å². The highest BCUT2D eigenvalue weighted by molar-refractivity contribution is 5.90. The van der Waals surface area contributed by atoms with Crippen molar-refractivity contribution in [3.8, 4) is 5.75 Å². The number of ether oxygens (including phenoxy) is 1. The Morgan fingerprint density at radius 2 is 2.18 bits per heavy atom. The first-order valence-electron chi connectivity index (χ1n) is 9.98. The smallest absolute Gasteiger partial charge is 0.243 e. The van der Waals surface area contributed by atoms with E-state index in [-0.39, 0.29) is 23.7 Å². The van der Waals surface area contributed by atoms with Gasteiger partial charge < -0.3 is 14.1 Å². The fourth-order valence-corrected chi connectivity index (χ4v) is 5.67. The number of methoxy groups -OCH3 is 1. The van der Waals surface area contributed by atoms with Crippen LogP contribution < -0.4 is 4.74 Å². The summed E-state index contributed by atoms with van der Waals surface area (Å²) in [4.78, 5) is 17.7. The minimum absolute atomic E-state index is 0.0460. The zero-order valence-electron chi connectivity index (χ0n) is 16.3. The van der Waals surface area contributed by atoms with Gasteiger partial charge in [-0.05, 0) is 50.9 Å². The van der Waals surface area contributed by atoms with E-state index in [4.69, 9.17) is 9.15 Å². The van der Waals surface area contributed by atoms with Crippen LogP contribution >= 0.6 is 0 Å². The van der Waals surface area contributed by atoms with Gasteiger partial charge in [-0.1, -0.05) is 6.07 Å². The summed E-state index contributed by atoms with van der Waals surface area (Å²) in [5.74, 6) is 2.36. The number of carbonyl (C=O) groups is 1. The summed E-state index contributed by atoms with van der Waals surface area (Å²) in [6.45, 7) is 3.98. The van der Waals surface area contributed by atoms with Gasteiger partial charge in [-0.25, -0.2) is 4.39 Å². The molecule has 0 bridgehead atoms. The molecule has 0 radical (unpaired) electrons. The predicted molar refractivity (Wildman–Crippen MR) is 101 cm³/mol. The van der Waals surface area contributed by atoms with Crippen molar-refractivity contribution in [2.45, 2.75) is 44.3 Å². The summed E-state index contributed by atoms with van der Waals surface area (Å²) in [5, 5.41) is 0.